The number of anilines is 1. The molecule has 8 heteroatoms. The van der Waals surface area contributed by atoms with Gasteiger partial charge in [-0.25, -0.2) is 13.6 Å². The molecule has 1 aromatic heterocycles. The van der Waals surface area contributed by atoms with Gasteiger partial charge in [-0.1, -0.05) is 6.07 Å². The molecule has 0 saturated carbocycles. The Labute approximate surface area is 145 Å². The van der Waals surface area contributed by atoms with Gasteiger partial charge in [0.15, 0.2) is 0 Å². The first-order valence-corrected chi connectivity index (χ1v) is 10.1. The van der Waals surface area contributed by atoms with Crippen molar-refractivity contribution in [1.82, 2.24) is 5.32 Å². The monoisotopic (exact) mass is 365 g/mol. The van der Waals surface area contributed by atoms with Crippen LogP contribution in [0.4, 0.5) is 5.69 Å². The lowest BCUT2D eigenvalue weighted by Crippen LogP contribution is -2.37. The molecular formula is C16H19N3O3S2. The van der Waals surface area contributed by atoms with E-state index in [2.05, 4.69) is 11.4 Å². The van der Waals surface area contributed by atoms with Gasteiger partial charge >= 0.3 is 0 Å². The molecule has 0 saturated heterocycles. The third kappa shape index (κ3) is 3.95. The minimum atomic E-state index is -3.70. The van der Waals surface area contributed by atoms with Crippen molar-refractivity contribution in [2.24, 2.45) is 5.14 Å². The number of nitrogens with two attached hydrogens (primary N) is 1. The van der Waals surface area contributed by atoms with Crippen molar-refractivity contribution < 1.29 is 13.2 Å². The molecule has 0 aliphatic carbocycles. The number of thiophene rings is 1. The summed E-state index contributed by atoms with van der Waals surface area (Å²) < 4.78 is 22.8. The van der Waals surface area contributed by atoms with Crippen LogP contribution in [-0.2, 0) is 27.7 Å². The molecule has 1 amide bonds. The molecule has 0 radical (unpaired) electrons. The first-order valence-electron chi connectivity index (χ1n) is 7.63. The first kappa shape index (κ1) is 16.9. The van der Waals surface area contributed by atoms with Gasteiger partial charge in [-0.15, -0.1) is 11.3 Å². The third-order valence-corrected chi connectivity index (χ3v) is 5.83. The number of primary sulfonamides is 1. The maximum Gasteiger partial charge on any atom is 0.239 e. The lowest BCUT2D eigenvalue weighted by molar-refractivity contribution is -0.119. The molecule has 3 rings (SSSR count). The highest BCUT2D eigenvalue weighted by atomic mass is 32.2. The number of nitrogens with one attached hydrogen (secondary N) is 1. The fourth-order valence-corrected chi connectivity index (χ4v) is 4.07. The number of hydrogen-bond donors (Lipinski definition) is 2. The lowest BCUT2D eigenvalue weighted by atomic mass is 10.2. The summed E-state index contributed by atoms with van der Waals surface area (Å²) in [5.74, 6) is -0.0325. The predicted molar refractivity (Wildman–Crippen MR) is 94.8 cm³/mol. The van der Waals surface area contributed by atoms with Crippen molar-refractivity contribution in [1.29, 1.82) is 0 Å². The number of benzene rings is 1. The van der Waals surface area contributed by atoms with Crippen molar-refractivity contribution in [3.05, 3.63) is 46.2 Å². The Morgan fingerprint density at radius 3 is 2.88 bits per heavy atom. The van der Waals surface area contributed by atoms with Gasteiger partial charge in [0.05, 0.1) is 11.4 Å². The summed E-state index contributed by atoms with van der Waals surface area (Å²) in [6.07, 6.45) is 1.54. The molecule has 24 heavy (non-hydrogen) atoms. The van der Waals surface area contributed by atoms with Crippen LogP contribution in [0.5, 0.6) is 0 Å². The Balaban J connectivity index is 1.57. The van der Waals surface area contributed by atoms with Crippen molar-refractivity contribution >= 4 is 33.0 Å². The average Bonchev–Trinajstić information content (AvgIpc) is 3.16. The minimum absolute atomic E-state index is 0.0325. The fraction of sp³-hybridized carbons (Fsp3) is 0.312. The zero-order valence-corrected chi connectivity index (χ0v) is 14.7. The van der Waals surface area contributed by atoms with Crippen LogP contribution in [0.3, 0.4) is 0 Å². The summed E-state index contributed by atoms with van der Waals surface area (Å²) in [5.41, 5.74) is 1.81. The van der Waals surface area contributed by atoms with Gasteiger partial charge < -0.3 is 10.2 Å². The van der Waals surface area contributed by atoms with E-state index in [-0.39, 0.29) is 17.3 Å². The molecular weight excluding hydrogens is 346 g/mol. The number of fused-ring (bicyclic) bond motifs is 1. The topological polar surface area (TPSA) is 92.5 Å². The second-order valence-electron chi connectivity index (χ2n) is 5.69. The molecule has 0 spiro atoms. The summed E-state index contributed by atoms with van der Waals surface area (Å²) in [6.45, 7) is 1.58. The van der Waals surface area contributed by atoms with Gasteiger partial charge in [0, 0.05) is 23.7 Å². The van der Waals surface area contributed by atoms with Gasteiger partial charge in [0.1, 0.15) is 0 Å². The van der Waals surface area contributed by atoms with E-state index in [1.54, 1.807) is 23.5 Å². The number of rotatable bonds is 6. The minimum Gasteiger partial charge on any atom is -0.362 e. The summed E-state index contributed by atoms with van der Waals surface area (Å²) in [7, 11) is -3.70. The lowest BCUT2D eigenvalue weighted by Gasteiger charge is -2.19. The molecule has 0 unspecified atom stereocenters. The Morgan fingerprint density at radius 2 is 2.17 bits per heavy atom. The molecule has 128 valence electrons. The van der Waals surface area contributed by atoms with Crippen LogP contribution in [0.25, 0.3) is 0 Å². The van der Waals surface area contributed by atoms with E-state index in [1.165, 1.54) is 10.9 Å². The van der Waals surface area contributed by atoms with Gasteiger partial charge in [-0.05, 0) is 48.1 Å². The van der Waals surface area contributed by atoms with Crippen LogP contribution >= 0.6 is 11.3 Å². The van der Waals surface area contributed by atoms with Crippen molar-refractivity contribution in [3.8, 4) is 0 Å². The second-order valence-corrected chi connectivity index (χ2v) is 8.28. The van der Waals surface area contributed by atoms with E-state index in [0.29, 0.717) is 19.5 Å². The predicted octanol–water partition coefficient (Wildman–Crippen LogP) is 1.12. The van der Waals surface area contributed by atoms with Crippen molar-refractivity contribution in [3.63, 3.8) is 0 Å². The number of hydrogen-bond acceptors (Lipinski definition) is 5. The molecule has 0 atom stereocenters. The average molecular weight is 365 g/mol. The fourth-order valence-electron chi connectivity index (χ4n) is 2.80. The number of nitrogens with zero attached hydrogens (tertiary/aromatic N) is 1. The molecule has 0 fully saturated rings. The Bertz CT molecular complexity index is 832. The highest BCUT2D eigenvalue weighted by Crippen LogP contribution is 2.29. The molecule has 1 aliphatic heterocycles. The summed E-state index contributed by atoms with van der Waals surface area (Å²) in [6, 6.07) is 8.86. The van der Waals surface area contributed by atoms with Crippen molar-refractivity contribution in [2.45, 2.75) is 17.7 Å². The zero-order chi connectivity index (χ0) is 17.2. The Hall–Kier alpha value is -1.90. The summed E-state index contributed by atoms with van der Waals surface area (Å²) >= 11 is 1.68. The quantitative estimate of drug-likeness (QED) is 0.802. The van der Waals surface area contributed by atoms with Gasteiger partial charge in [-0.3, -0.25) is 4.79 Å². The normalized spacial score (nSPS) is 13.8. The Kier molecular flexibility index (Phi) is 4.88. The van der Waals surface area contributed by atoms with Crippen LogP contribution in [0.1, 0.15) is 10.4 Å². The van der Waals surface area contributed by atoms with Gasteiger partial charge in [0.25, 0.3) is 0 Å². The van der Waals surface area contributed by atoms with Crippen LogP contribution in [-0.4, -0.2) is 34.0 Å². The number of carbonyl (C=O) groups excluding carboxylic acids is 1. The van der Waals surface area contributed by atoms with E-state index in [9.17, 15) is 13.2 Å². The molecule has 2 heterocycles. The number of amides is 1. The molecule has 6 nitrogen and oxygen atoms in total. The molecule has 2 aromatic rings. The molecule has 1 aromatic carbocycles. The highest BCUT2D eigenvalue weighted by Gasteiger charge is 2.22. The smallest absolute Gasteiger partial charge is 0.239 e. The van der Waals surface area contributed by atoms with E-state index >= 15 is 0 Å². The number of carbonyl (C=O) groups is 1. The maximum absolute atomic E-state index is 12.1. The standard InChI is InChI=1S/C16H19N3O3S2/c17-24(21,22)14-3-4-15-12(10-14)6-8-19(15)11-16(20)18-7-5-13-2-1-9-23-13/h1-4,9-10H,5-8,11H2,(H,18,20)(H2,17,21,22). The van der Waals surface area contributed by atoms with Crippen molar-refractivity contribution in [2.75, 3.05) is 24.5 Å². The van der Waals surface area contributed by atoms with Gasteiger partial charge in [0.2, 0.25) is 15.9 Å². The zero-order valence-electron chi connectivity index (χ0n) is 13.1. The van der Waals surface area contributed by atoms with E-state index in [0.717, 1.165) is 17.7 Å². The summed E-state index contributed by atoms with van der Waals surface area (Å²) in [5, 5.41) is 10.1. The second kappa shape index (κ2) is 6.92. The van der Waals surface area contributed by atoms with E-state index in [4.69, 9.17) is 5.14 Å². The first-order chi connectivity index (χ1) is 11.4. The molecule has 3 N–H and O–H groups in total. The Morgan fingerprint density at radius 1 is 1.33 bits per heavy atom. The maximum atomic E-state index is 12.1. The van der Waals surface area contributed by atoms with Gasteiger partial charge in [-0.2, -0.15) is 0 Å². The van der Waals surface area contributed by atoms with Crippen LogP contribution in [0.15, 0.2) is 40.6 Å². The molecule has 0 bridgehead atoms. The number of sulfonamides is 1. The summed E-state index contributed by atoms with van der Waals surface area (Å²) in [4.78, 5) is 15.4. The van der Waals surface area contributed by atoms with Crippen LogP contribution in [0, 0.1) is 0 Å². The third-order valence-electron chi connectivity index (χ3n) is 3.98. The van der Waals surface area contributed by atoms with Crippen LogP contribution in [0.2, 0.25) is 0 Å². The molecule has 1 aliphatic rings. The SMILES string of the molecule is NS(=O)(=O)c1ccc2c(c1)CCN2CC(=O)NCCc1cccs1. The largest absolute Gasteiger partial charge is 0.362 e. The highest BCUT2D eigenvalue weighted by molar-refractivity contribution is 7.89. The van der Waals surface area contributed by atoms with E-state index < -0.39 is 10.0 Å². The van der Waals surface area contributed by atoms with E-state index in [1.807, 2.05) is 16.3 Å². The van der Waals surface area contributed by atoms with Crippen LogP contribution < -0.4 is 15.4 Å².